The number of oxime groups is 1. The Balaban J connectivity index is 2.74. The van der Waals surface area contributed by atoms with Crippen molar-refractivity contribution in [2.24, 2.45) is 10.9 Å². The predicted molar refractivity (Wildman–Crippen MR) is 78.1 cm³/mol. The van der Waals surface area contributed by atoms with Crippen molar-refractivity contribution in [3.63, 3.8) is 0 Å². The molecule has 0 saturated heterocycles. The molecule has 19 heavy (non-hydrogen) atoms. The number of rotatable bonds is 5. The smallest absolute Gasteiger partial charge is 0.225 e. The summed E-state index contributed by atoms with van der Waals surface area (Å²) in [6.45, 7) is 3.58. The number of nitrogens with zero attached hydrogens (tertiary/aromatic N) is 1. The van der Waals surface area contributed by atoms with Gasteiger partial charge in [0.25, 0.3) is 0 Å². The Bertz CT molecular complexity index is 491. The van der Waals surface area contributed by atoms with E-state index in [1.165, 1.54) is 0 Å². The van der Waals surface area contributed by atoms with Crippen molar-refractivity contribution in [3.05, 3.63) is 34.3 Å². The van der Waals surface area contributed by atoms with Crippen LogP contribution in [0.4, 0.5) is 0 Å². The van der Waals surface area contributed by atoms with Crippen molar-refractivity contribution in [2.45, 2.75) is 32.2 Å². The minimum Gasteiger partial charge on any atom is -0.409 e. The van der Waals surface area contributed by atoms with Gasteiger partial charge in [-0.25, -0.2) is 0 Å². The van der Waals surface area contributed by atoms with E-state index in [1.54, 1.807) is 6.92 Å². The van der Waals surface area contributed by atoms with Crippen LogP contribution in [-0.4, -0.2) is 22.5 Å². The average Bonchev–Trinajstić information content (AvgIpc) is 2.37. The normalized spacial score (nSPS) is 14.8. The van der Waals surface area contributed by atoms with Gasteiger partial charge >= 0.3 is 0 Å². The summed E-state index contributed by atoms with van der Waals surface area (Å²) in [5.74, 6) is -0.174. The number of nitrogens with two attached hydrogens (primary N) is 1. The standard InChI is InChI=1S/C13H18BrN3O2/c1-3-13(2,12(15)17-19)16-11(18)8-9-5-4-6-10(14)7-9/h4-7,19H,3,8H2,1-2H3,(H2,15,17)(H,16,18). The molecule has 0 heterocycles. The average molecular weight is 328 g/mol. The molecule has 4 N–H and O–H groups in total. The zero-order chi connectivity index (χ0) is 14.5. The molecule has 1 unspecified atom stereocenters. The minimum atomic E-state index is -0.835. The third kappa shape index (κ3) is 4.24. The molecule has 5 nitrogen and oxygen atoms in total. The highest BCUT2D eigenvalue weighted by molar-refractivity contribution is 9.10. The van der Waals surface area contributed by atoms with E-state index in [-0.39, 0.29) is 18.2 Å². The number of nitrogens with one attached hydrogen (secondary N) is 1. The van der Waals surface area contributed by atoms with Gasteiger partial charge in [0.05, 0.1) is 12.0 Å². The van der Waals surface area contributed by atoms with E-state index in [9.17, 15) is 4.79 Å². The first-order valence-corrected chi connectivity index (χ1v) is 6.74. The van der Waals surface area contributed by atoms with Gasteiger partial charge in [-0.3, -0.25) is 4.79 Å². The number of carbonyl (C=O) groups is 1. The van der Waals surface area contributed by atoms with Crippen LogP contribution in [-0.2, 0) is 11.2 Å². The van der Waals surface area contributed by atoms with Gasteiger partial charge in [0, 0.05) is 4.47 Å². The van der Waals surface area contributed by atoms with Crippen LogP contribution >= 0.6 is 15.9 Å². The number of carbonyl (C=O) groups excluding carboxylic acids is 1. The van der Waals surface area contributed by atoms with Crippen LogP contribution in [0.15, 0.2) is 33.9 Å². The van der Waals surface area contributed by atoms with Crippen molar-refractivity contribution >= 4 is 27.7 Å². The quantitative estimate of drug-likeness (QED) is 0.334. The van der Waals surface area contributed by atoms with Gasteiger partial charge in [0.15, 0.2) is 5.84 Å². The third-order valence-electron chi connectivity index (χ3n) is 3.05. The number of benzene rings is 1. The maximum atomic E-state index is 12.0. The fourth-order valence-corrected chi connectivity index (χ4v) is 2.07. The van der Waals surface area contributed by atoms with Gasteiger partial charge in [-0.1, -0.05) is 40.1 Å². The highest BCUT2D eigenvalue weighted by Gasteiger charge is 2.29. The predicted octanol–water partition coefficient (Wildman–Crippen LogP) is 2.02. The summed E-state index contributed by atoms with van der Waals surface area (Å²) in [4.78, 5) is 12.0. The molecular formula is C13H18BrN3O2. The summed E-state index contributed by atoms with van der Waals surface area (Å²) in [7, 11) is 0. The van der Waals surface area contributed by atoms with E-state index in [0.29, 0.717) is 6.42 Å². The Morgan fingerprint density at radius 2 is 2.26 bits per heavy atom. The first kappa shape index (κ1) is 15.5. The van der Waals surface area contributed by atoms with Gasteiger partial charge in [0.2, 0.25) is 5.91 Å². The topological polar surface area (TPSA) is 87.7 Å². The molecule has 0 saturated carbocycles. The van der Waals surface area contributed by atoms with Crippen LogP contribution in [0, 0.1) is 0 Å². The van der Waals surface area contributed by atoms with Crippen LogP contribution in [0.2, 0.25) is 0 Å². The minimum absolute atomic E-state index is 0.00223. The first-order chi connectivity index (χ1) is 8.91. The van der Waals surface area contributed by atoms with Crippen LogP contribution in [0.25, 0.3) is 0 Å². The first-order valence-electron chi connectivity index (χ1n) is 5.94. The Kier molecular flexibility index (Phi) is 5.35. The Hall–Kier alpha value is -1.56. The van der Waals surface area contributed by atoms with Crippen molar-refractivity contribution in [1.29, 1.82) is 0 Å². The summed E-state index contributed by atoms with van der Waals surface area (Å²) in [6.07, 6.45) is 0.779. The Morgan fingerprint density at radius 1 is 1.58 bits per heavy atom. The largest absolute Gasteiger partial charge is 0.409 e. The van der Waals surface area contributed by atoms with E-state index < -0.39 is 5.54 Å². The number of hydrogen-bond donors (Lipinski definition) is 3. The highest BCUT2D eigenvalue weighted by Crippen LogP contribution is 2.13. The molecule has 6 heteroatoms. The van der Waals surface area contributed by atoms with Crippen LogP contribution in [0.5, 0.6) is 0 Å². The van der Waals surface area contributed by atoms with Crippen molar-refractivity contribution < 1.29 is 10.0 Å². The van der Waals surface area contributed by atoms with Gasteiger partial charge in [-0.15, -0.1) is 0 Å². The highest BCUT2D eigenvalue weighted by atomic mass is 79.9. The molecule has 0 fully saturated rings. The van der Waals surface area contributed by atoms with Gasteiger partial charge in [-0.05, 0) is 31.0 Å². The molecule has 0 radical (unpaired) electrons. The molecule has 0 spiro atoms. The van der Waals surface area contributed by atoms with E-state index in [2.05, 4.69) is 26.4 Å². The van der Waals surface area contributed by atoms with Crippen LogP contribution in [0.1, 0.15) is 25.8 Å². The lowest BCUT2D eigenvalue weighted by atomic mass is 9.97. The fraction of sp³-hybridized carbons (Fsp3) is 0.385. The molecule has 1 rings (SSSR count). The molecule has 0 aliphatic carbocycles. The zero-order valence-corrected chi connectivity index (χ0v) is 12.6. The number of hydrogen-bond acceptors (Lipinski definition) is 3. The molecule has 1 atom stereocenters. The second-order valence-corrected chi connectivity index (χ2v) is 5.44. The van der Waals surface area contributed by atoms with E-state index >= 15 is 0 Å². The zero-order valence-electron chi connectivity index (χ0n) is 11.0. The van der Waals surface area contributed by atoms with E-state index in [4.69, 9.17) is 10.9 Å². The van der Waals surface area contributed by atoms with E-state index in [0.717, 1.165) is 10.0 Å². The number of halogens is 1. The van der Waals surface area contributed by atoms with Crippen molar-refractivity contribution in [1.82, 2.24) is 5.32 Å². The lowest BCUT2D eigenvalue weighted by Crippen LogP contribution is -2.55. The van der Waals surface area contributed by atoms with Crippen molar-refractivity contribution in [3.8, 4) is 0 Å². The maximum absolute atomic E-state index is 12.0. The second-order valence-electron chi connectivity index (χ2n) is 4.53. The molecule has 0 aromatic heterocycles. The lowest BCUT2D eigenvalue weighted by Gasteiger charge is -2.28. The summed E-state index contributed by atoms with van der Waals surface area (Å²) < 4.78 is 0.924. The molecule has 0 aliphatic rings. The lowest BCUT2D eigenvalue weighted by molar-refractivity contribution is -0.121. The summed E-state index contributed by atoms with van der Waals surface area (Å²) in [5.41, 5.74) is 5.66. The maximum Gasteiger partial charge on any atom is 0.225 e. The monoisotopic (exact) mass is 327 g/mol. The summed E-state index contributed by atoms with van der Waals surface area (Å²) >= 11 is 3.36. The molecule has 0 aliphatic heterocycles. The molecule has 1 amide bonds. The van der Waals surface area contributed by atoms with Gasteiger partial charge < -0.3 is 16.3 Å². The molecule has 104 valence electrons. The number of amidine groups is 1. The van der Waals surface area contributed by atoms with Gasteiger partial charge in [0.1, 0.15) is 0 Å². The molecule has 1 aromatic rings. The second kappa shape index (κ2) is 6.56. The summed E-state index contributed by atoms with van der Waals surface area (Å²) in [6, 6.07) is 7.52. The van der Waals surface area contributed by atoms with E-state index in [1.807, 2.05) is 31.2 Å². The molecular weight excluding hydrogens is 310 g/mol. The van der Waals surface area contributed by atoms with Gasteiger partial charge in [-0.2, -0.15) is 0 Å². The third-order valence-corrected chi connectivity index (χ3v) is 3.54. The fourth-order valence-electron chi connectivity index (χ4n) is 1.63. The van der Waals surface area contributed by atoms with Crippen LogP contribution in [0.3, 0.4) is 0 Å². The van der Waals surface area contributed by atoms with Crippen LogP contribution < -0.4 is 11.1 Å². The number of amides is 1. The summed E-state index contributed by atoms with van der Waals surface area (Å²) in [5, 5.41) is 14.5. The van der Waals surface area contributed by atoms with Crippen molar-refractivity contribution in [2.75, 3.05) is 0 Å². The molecule has 1 aromatic carbocycles. The molecule has 0 bridgehead atoms. The Morgan fingerprint density at radius 3 is 2.79 bits per heavy atom. The SMILES string of the molecule is CCC(C)(NC(=O)Cc1cccc(Br)c1)C(N)=NO. The Labute approximate surface area is 121 Å².